The van der Waals surface area contributed by atoms with Gasteiger partial charge in [0.15, 0.2) is 0 Å². The molecule has 1 unspecified atom stereocenters. The standard InChI is InChI=1S/C13H18N2/c1-4-9-15(3)11(2)10-12-5-7-13(14)8-6-12/h1,5-8,11H,9-10,14H2,2-3H3/i3D3. The van der Waals surface area contributed by atoms with Crippen LogP contribution in [0.3, 0.4) is 0 Å². The summed E-state index contributed by atoms with van der Waals surface area (Å²) in [4.78, 5) is 1.35. The van der Waals surface area contributed by atoms with Gasteiger partial charge in [-0.2, -0.15) is 0 Å². The minimum Gasteiger partial charge on any atom is -0.399 e. The molecule has 2 N–H and O–H groups in total. The van der Waals surface area contributed by atoms with Crippen LogP contribution >= 0.6 is 0 Å². The van der Waals surface area contributed by atoms with E-state index in [1.807, 2.05) is 31.2 Å². The second-order valence-electron chi connectivity index (χ2n) is 3.63. The Hall–Kier alpha value is -1.46. The van der Waals surface area contributed by atoms with Crippen LogP contribution in [0.1, 0.15) is 16.6 Å². The van der Waals surface area contributed by atoms with Gasteiger partial charge in [0.2, 0.25) is 0 Å². The molecule has 0 aliphatic heterocycles. The summed E-state index contributed by atoms with van der Waals surface area (Å²) in [5.41, 5.74) is 7.35. The number of nitrogens with zero attached hydrogens (tertiary/aromatic N) is 1. The van der Waals surface area contributed by atoms with Crippen LogP contribution in [0.15, 0.2) is 24.3 Å². The van der Waals surface area contributed by atoms with Crippen molar-refractivity contribution in [3.05, 3.63) is 29.8 Å². The van der Waals surface area contributed by atoms with Gasteiger partial charge in [-0.3, -0.25) is 4.90 Å². The van der Waals surface area contributed by atoms with Gasteiger partial charge in [0.1, 0.15) is 0 Å². The highest BCUT2D eigenvalue weighted by molar-refractivity contribution is 5.39. The lowest BCUT2D eigenvalue weighted by Gasteiger charge is -2.22. The number of rotatable bonds is 4. The minimum atomic E-state index is -2.17. The van der Waals surface area contributed by atoms with Crippen LogP contribution in [0.2, 0.25) is 0 Å². The van der Waals surface area contributed by atoms with Crippen LogP contribution in [0.25, 0.3) is 0 Å². The Labute approximate surface area is 96.3 Å². The summed E-state index contributed by atoms with van der Waals surface area (Å²) in [5, 5.41) is 0. The van der Waals surface area contributed by atoms with Crippen molar-refractivity contribution in [2.75, 3.05) is 19.3 Å². The van der Waals surface area contributed by atoms with Gasteiger partial charge in [-0.15, -0.1) is 6.42 Å². The molecule has 1 rings (SSSR count). The molecular formula is C13H18N2. The summed E-state index contributed by atoms with van der Waals surface area (Å²) in [6.07, 6.45) is 5.84. The normalized spacial score (nSPS) is 16.2. The maximum absolute atomic E-state index is 7.47. The number of hydrogen-bond donors (Lipinski definition) is 1. The van der Waals surface area contributed by atoms with Crippen LogP contribution < -0.4 is 5.73 Å². The zero-order valence-electron chi connectivity index (χ0n) is 11.9. The SMILES string of the molecule is [2H]C([2H])([2H])N(CC#C)C(C)Cc1ccc(N)cc1. The number of terminal acetylenes is 1. The van der Waals surface area contributed by atoms with Gasteiger partial charge in [-0.1, -0.05) is 18.1 Å². The van der Waals surface area contributed by atoms with Crippen LogP contribution in [0, 0.1) is 12.3 Å². The Morgan fingerprint density at radius 1 is 1.53 bits per heavy atom. The fraction of sp³-hybridized carbons (Fsp3) is 0.385. The average molecular weight is 205 g/mol. The molecule has 80 valence electrons. The highest BCUT2D eigenvalue weighted by atomic mass is 15.1. The molecule has 0 radical (unpaired) electrons. The third kappa shape index (κ3) is 3.65. The predicted octanol–water partition coefficient (Wildman–Crippen LogP) is 1.76. The summed E-state index contributed by atoms with van der Waals surface area (Å²) in [6, 6.07) is 7.27. The lowest BCUT2D eigenvalue weighted by atomic mass is 10.1. The summed E-state index contributed by atoms with van der Waals surface area (Å²) >= 11 is 0. The maximum Gasteiger partial charge on any atom is 0.0598 e. The predicted molar refractivity (Wildman–Crippen MR) is 65.5 cm³/mol. The summed E-state index contributed by atoms with van der Waals surface area (Å²) in [5.74, 6) is 2.40. The monoisotopic (exact) mass is 205 g/mol. The second-order valence-corrected chi connectivity index (χ2v) is 3.63. The van der Waals surface area contributed by atoms with Crippen molar-refractivity contribution in [1.29, 1.82) is 0 Å². The van der Waals surface area contributed by atoms with Gasteiger partial charge >= 0.3 is 0 Å². The number of nitrogens with two attached hydrogens (primary N) is 1. The first-order valence-corrected chi connectivity index (χ1v) is 4.89. The van der Waals surface area contributed by atoms with Gasteiger partial charge in [-0.25, -0.2) is 0 Å². The van der Waals surface area contributed by atoms with E-state index in [0.717, 1.165) is 5.56 Å². The van der Waals surface area contributed by atoms with E-state index in [9.17, 15) is 0 Å². The quantitative estimate of drug-likeness (QED) is 0.599. The molecule has 0 fully saturated rings. The van der Waals surface area contributed by atoms with Crippen LogP contribution in [0.4, 0.5) is 5.69 Å². The van der Waals surface area contributed by atoms with E-state index in [0.29, 0.717) is 12.1 Å². The topological polar surface area (TPSA) is 29.3 Å². The molecule has 0 spiro atoms. The molecule has 0 aliphatic carbocycles. The summed E-state index contributed by atoms with van der Waals surface area (Å²) in [7, 11) is 0. The van der Waals surface area contributed by atoms with E-state index < -0.39 is 6.98 Å². The summed E-state index contributed by atoms with van der Waals surface area (Å²) < 4.78 is 22.4. The first kappa shape index (κ1) is 7.78. The van der Waals surface area contributed by atoms with Gasteiger partial charge in [-0.05, 0) is 38.0 Å². The summed E-state index contributed by atoms with van der Waals surface area (Å²) in [6.45, 7) is -0.188. The Morgan fingerprint density at radius 2 is 2.20 bits per heavy atom. The number of anilines is 1. The van der Waals surface area contributed by atoms with Crippen molar-refractivity contribution >= 4 is 5.69 Å². The Kier molecular flexibility index (Phi) is 2.82. The zero-order valence-corrected chi connectivity index (χ0v) is 8.90. The Balaban J connectivity index is 2.76. The zero-order chi connectivity index (χ0) is 13.8. The first-order valence-electron chi connectivity index (χ1n) is 6.39. The van der Waals surface area contributed by atoms with Crippen molar-refractivity contribution in [2.24, 2.45) is 0 Å². The van der Waals surface area contributed by atoms with Gasteiger partial charge < -0.3 is 5.73 Å². The molecule has 2 heteroatoms. The van der Waals surface area contributed by atoms with Crippen molar-refractivity contribution < 1.29 is 4.11 Å². The molecule has 0 saturated carbocycles. The molecule has 1 atom stereocenters. The number of benzene rings is 1. The average Bonchev–Trinajstić information content (AvgIpc) is 2.27. The van der Waals surface area contributed by atoms with Crippen molar-refractivity contribution in [1.82, 2.24) is 4.90 Å². The molecule has 2 nitrogen and oxygen atoms in total. The molecule has 0 saturated heterocycles. The molecule has 1 aromatic carbocycles. The van der Waals surface area contributed by atoms with E-state index in [1.54, 1.807) is 0 Å². The minimum absolute atomic E-state index is 0.118. The van der Waals surface area contributed by atoms with E-state index in [2.05, 4.69) is 5.92 Å². The molecule has 0 amide bonds. The van der Waals surface area contributed by atoms with Gasteiger partial charge in [0.05, 0.1) is 6.54 Å². The van der Waals surface area contributed by atoms with E-state index in [-0.39, 0.29) is 12.6 Å². The number of hydrogen-bond acceptors (Lipinski definition) is 2. The third-order valence-electron chi connectivity index (χ3n) is 2.30. The number of nitrogen functional groups attached to an aromatic ring is 1. The van der Waals surface area contributed by atoms with Crippen molar-refractivity contribution in [3.8, 4) is 12.3 Å². The van der Waals surface area contributed by atoms with Crippen LogP contribution in [-0.2, 0) is 6.42 Å². The van der Waals surface area contributed by atoms with Crippen LogP contribution in [-0.4, -0.2) is 24.5 Å². The van der Waals surface area contributed by atoms with E-state index in [4.69, 9.17) is 16.3 Å². The van der Waals surface area contributed by atoms with Gasteiger partial charge in [0.25, 0.3) is 0 Å². The molecule has 0 heterocycles. The fourth-order valence-corrected chi connectivity index (χ4v) is 1.36. The smallest absolute Gasteiger partial charge is 0.0598 e. The fourth-order valence-electron chi connectivity index (χ4n) is 1.36. The molecule has 0 aliphatic rings. The largest absolute Gasteiger partial charge is 0.399 e. The molecule has 1 aromatic rings. The number of likely N-dealkylation sites (N-methyl/N-ethyl adjacent to an activating group) is 1. The Morgan fingerprint density at radius 3 is 2.73 bits per heavy atom. The Bertz CT molecular complexity index is 417. The molecule has 0 aromatic heterocycles. The third-order valence-corrected chi connectivity index (χ3v) is 2.30. The maximum atomic E-state index is 7.47. The van der Waals surface area contributed by atoms with E-state index >= 15 is 0 Å². The van der Waals surface area contributed by atoms with Crippen molar-refractivity contribution in [3.63, 3.8) is 0 Å². The molecule has 15 heavy (non-hydrogen) atoms. The molecule has 0 bridgehead atoms. The first-order chi connectivity index (χ1) is 8.34. The van der Waals surface area contributed by atoms with Crippen molar-refractivity contribution in [2.45, 2.75) is 19.4 Å². The van der Waals surface area contributed by atoms with E-state index in [1.165, 1.54) is 4.90 Å². The second kappa shape index (κ2) is 5.43. The lowest BCUT2D eigenvalue weighted by molar-refractivity contribution is 0.287. The highest BCUT2D eigenvalue weighted by Crippen LogP contribution is 2.10. The molecular weight excluding hydrogens is 184 g/mol. The lowest BCUT2D eigenvalue weighted by Crippen LogP contribution is -2.31. The van der Waals surface area contributed by atoms with Gasteiger partial charge in [0, 0.05) is 15.8 Å². The highest BCUT2D eigenvalue weighted by Gasteiger charge is 2.08. The van der Waals surface area contributed by atoms with Crippen LogP contribution in [0.5, 0.6) is 0 Å².